The molecule has 2 N–H and O–H groups in total. The van der Waals surface area contributed by atoms with E-state index >= 15 is 0 Å². The van der Waals surface area contributed by atoms with E-state index in [2.05, 4.69) is 10.6 Å². The summed E-state index contributed by atoms with van der Waals surface area (Å²) in [6.45, 7) is 2.12. The lowest BCUT2D eigenvalue weighted by molar-refractivity contribution is -0.116. The predicted molar refractivity (Wildman–Crippen MR) is 91.6 cm³/mol. The molecule has 6 heteroatoms. The first kappa shape index (κ1) is 15.8. The maximum atomic E-state index is 12.1. The number of aromatic nitrogens is 2. The zero-order valence-corrected chi connectivity index (χ0v) is 13.8. The molecule has 0 saturated carbocycles. The van der Waals surface area contributed by atoms with Crippen LogP contribution in [-0.2, 0) is 18.9 Å². The Morgan fingerprint density at radius 3 is 2.65 bits per heavy atom. The molecule has 0 spiro atoms. The Labute approximate surface area is 135 Å². The zero-order valence-electron chi connectivity index (χ0n) is 13.8. The van der Waals surface area contributed by atoms with Gasteiger partial charge in [-0.25, -0.2) is 4.79 Å². The molecular formula is C17H24N4O2. The first-order chi connectivity index (χ1) is 11.1. The van der Waals surface area contributed by atoms with E-state index in [1.807, 2.05) is 18.2 Å². The second-order valence-corrected chi connectivity index (χ2v) is 6.38. The van der Waals surface area contributed by atoms with Crippen molar-refractivity contribution in [3.05, 3.63) is 28.7 Å². The van der Waals surface area contributed by atoms with Crippen molar-refractivity contribution in [2.45, 2.75) is 25.7 Å². The van der Waals surface area contributed by atoms with Crippen molar-refractivity contribution in [1.82, 2.24) is 14.5 Å². The summed E-state index contributed by atoms with van der Waals surface area (Å²) < 4.78 is 3.21. The number of nitrogens with one attached hydrogen (secondary N) is 2. The van der Waals surface area contributed by atoms with Gasteiger partial charge in [-0.05, 0) is 56.5 Å². The smallest absolute Gasteiger partial charge is 0.326 e. The molecular weight excluding hydrogens is 292 g/mol. The highest BCUT2D eigenvalue weighted by Crippen LogP contribution is 2.20. The van der Waals surface area contributed by atoms with Crippen LogP contribution >= 0.6 is 0 Å². The molecule has 1 aliphatic heterocycles. The normalized spacial score (nSPS) is 15.9. The number of nitrogens with zero attached hydrogens (tertiary/aromatic N) is 2. The highest BCUT2D eigenvalue weighted by molar-refractivity contribution is 5.93. The van der Waals surface area contributed by atoms with Gasteiger partial charge in [0.1, 0.15) is 0 Å². The molecule has 124 valence electrons. The number of rotatable bonds is 4. The molecule has 23 heavy (non-hydrogen) atoms. The van der Waals surface area contributed by atoms with Gasteiger partial charge < -0.3 is 10.6 Å². The monoisotopic (exact) mass is 316 g/mol. The van der Waals surface area contributed by atoms with Gasteiger partial charge in [-0.1, -0.05) is 0 Å². The Morgan fingerprint density at radius 1 is 1.22 bits per heavy atom. The van der Waals surface area contributed by atoms with Crippen molar-refractivity contribution in [3.63, 3.8) is 0 Å². The fourth-order valence-electron chi connectivity index (χ4n) is 3.31. The van der Waals surface area contributed by atoms with Crippen LogP contribution in [0.15, 0.2) is 23.0 Å². The van der Waals surface area contributed by atoms with Crippen molar-refractivity contribution in [3.8, 4) is 0 Å². The Hall–Kier alpha value is -2.08. The minimum Gasteiger partial charge on any atom is -0.326 e. The molecule has 2 aromatic rings. The second kappa shape index (κ2) is 6.58. The lowest BCUT2D eigenvalue weighted by Crippen LogP contribution is -2.28. The third-order valence-electron chi connectivity index (χ3n) is 4.79. The highest BCUT2D eigenvalue weighted by atomic mass is 16.2. The Kier molecular flexibility index (Phi) is 4.52. The van der Waals surface area contributed by atoms with E-state index < -0.39 is 0 Å². The van der Waals surface area contributed by atoms with Crippen molar-refractivity contribution < 1.29 is 4.79 Å². The van der Waals surface area contributed by atoms with Crippen molar-refractivity contribution in [2.24, 2.45) is 20.0 Å². The number of imidazole rings is 1. The van der Waals surface area contributed by atoms with Gasteiger partial charge >= 0.3 is 5.69 Å². The minimum absolute atomic E-state index is 0.0452. The van der Waals surface area contributed by atoms with Crippen LogP contribution in [-0.4, -0.2) is 28.1 Å². The van der Waals surface area contributed by atoms with Crippen molar-refractivity contribution in [1.29, 1.82) is 0 Å². The van der Waals surface area contributed by atoms with Crippen LogP contribution in [0.4, 0.5) is 5.69 Å². The van der Waals surface area contributed by atoms with E-state index in [0.717, 1.165) is 49.1 Å². The van der Waals surface area contributed by atoms with Crippen LogP contribution in [0, 0.1) is 5.92 Å². The molecule has 0 unspecified atom stereocenters. The molecule has 1 aliphatic rings. The summed E-state index contributed by atoms with van der Waals surface area (Å²) in [5.41, 5.74) is 2.38. The van der Waals surface area contributed by atoms with E-state index in [4.69, 9.17) is 0 Å². The number of fused-ring (bicyclic) bond motifs is 1. The summed E-state index contributed by atoms with van der Waals surface area (Å²) in [7, 11) is 3.50. The molecule has 1 aromatic carbocycles. The van der Waals surface area contributed by atoms with Crippen LogP contribution < -0.4 is 16.3 Å². The van der Waals surface area contributed by atoms with E-state index in [1.165, 1.54) is 0 Å². The Balaban J connectivity index is 1.65. The van der Waals surface area contributed by atoms with Crippen LogP contribution in [0.3, 0.4) is 0 Å². The first-order valence-corrected chi connectivity index (χ1v) is 8.22. The Morgan fingerprint density at radius 2 is 1.91 bits per heavy atom. The molecule has 0 radical (unpaired) electrons. The minimum atomic E-state index is -0.0608. The number of aryl methyl sites for hydroxylation is 2. The molecule has 0 aliphatic carbocycles. The summed E-state index contributed by atoms with van der Waals surface area (Å²) in [6.07, 6.45) is 3.81. The van der Waals surface area contributed by atoms with E-state index in [1.54, 1.807) is 23.2 Å². The van der Waals surface area contributed by atoms with Gasteiger partial charge in [-0.3, -0.25) is 13.9 Å². The van der Waals surface area contributed by atoms with Crippen molar-refractivity contribution in [2.75, 3.05) is 18.4 Å². The van der Waals surface area contributed by atoms with Gasteiger partial charge in [0.25, 0.3) is 0 Å². The summed E-state index contributed by atoms with van der Waals surface area (Å²) >= 11 is 0. The van der Waals surface area contributed by atoms with E-state index in [0.29, 0.717) is 12.3 Å². The number of benzene rings is 1. The van der Waals surface area contributed by atoms with Crippen LogP contribution in [0.5, 0.6) is 0 Å². The molecule has 6 nitrogen and oxygen atoms in total. The summed E-state index contributed by atoms with van der Waals surface area (Å²) in [5.74, 6) is 0.697. The maximum Gasteiger partial charge on any atom is 0.328 e. The number of hydrogen-bond acceptors (Lipinski definition) is 3. The molecule has 3 rings (SSSR count). The number of piperidine rings is 1. The number of amides is 1. The first-order valence-electron chi connectivity index (χ1n) is 8.22. The number of anilines is 1. The molecule has 1 saturated heterocycles. The lowest BCUT2D eigenvalue weighted by Gasteiger charge is -2.22. The number of hydrogen-bond donors (Lipinski definition) is 2. The fraction of sp³-hybridized carbons (Fsp3) is 0.529. The zero-order chi connectivity index (χ0) is 16.4. The quantitative estimate of drug-likeness (QED) is 0.900. The molecule has 1 aromatic heterocycles. The highest BCUT2D eigenvalue weighted by Gasteiger charge is 2.15. The molecule has 0 atom stereocenters. The van der Waals surface area contributed by atoms with Crippen LogP contribution in [0.1, 0.15) is 25.7 Å². The maximum absolute atomic E-state index is 12.1. The topological polar surface area (TPSA) is 68.1 Å². The third kappa shape index (κ3) is 3.32. The average Bonchev–Trinajstić information content (AvgIpc) is 2.78. The van der Waals surface area contributed by atoms with Crippen LogP contribution in [0.2, 0.25) is 0 Å². The summed E-state index contributed by atoms with van der Waals surface area (Å²) in [6, 6.07) is 5.59. The molecule has 1 amide bonds. The standard InChI is InChI=1S/C17H24N4O2/c1-20-14-5-4-13(11-15(14)21(2)17(20)23)19-16(22)6-3-12-7-9-18-10-8-12/h4-5,11-12,18H,3,6-10H2,1-2H3,(H,19,22). The van der Waals surface area contributed by atoms with Crippen molar-refractivity contribution >= 4 is 22.6 Å². The summed E-state index contributed by atoms with van der Waals surface area (Å²) in [5, 5.41) is 6.29. The molecule has 0 bridgehead atoms. The summed E-state index contributed by atoms with van der Waals surface area (Å²) in [4.78, 5) is 24.1. The average molecular weight is 316 g/mol. The largest absolute Gasteiger partial charge is 0.328 e. The van der Waals surface area contributed by atoms with Gasteiger partial charge in [0, 0.05) is 26.2 Å². The van der Waals surface area contributed by atoms with E-state index in [9.17, 15) is 9.59 Å². The van der Waals surface area contributed by atoms with Gasteiger partial charge in [-0.15, -0.1) is 0 Å². The van der Waals surface area contributed by atoms with Gasteiger partial charge in [0.2, 0.25) is 5.91 Å². The SMILES string of the molecule is Cn1c(=O)n(C)c2cc(NC(=O)CCC3CCNCC3)ccc21. The van der Waals surface area contributed by atoms with E-state index in [-0.39, 0.29) is 11.6 Å². The number of carbonyl (C=O) groups excluding carboxylic acids is 1. The fourth-order valence-corrected chi connectivity index (χ4v) is 3.31. The Bertz CT molecular complexity index is 769. The second-order valence-electron chi connectivity index (χ2n) is 6.38. The van der Waals surface area contributed by atoms with Gasteiger partial charge in [0.05, 0.1) is 11.0 Å². The lowest BCUT2D eigenvalue weighted by atomic mass is 9.93. The number of carbonyl (C=O) groups is 1. The third-order valence-corrected chi connectivity index (χ3v) is 4.79. The van der Waals surface area contributed by atoms with Gasteiger partial charge in [0.15, 0.2) is 0 Å². The van der Waals surface area contributed by atoms with Gasteiger partial charge in [-0.2, -0.15) is 0 Å². The molecule has 1 fully saturated rings. The van der Waals surface area contributed by atoms with Crippen LogP contribution in [0.25, 0.3) is 11.0 Å². The predicted octanol–water partition coefficient (Wildman–Crippen LogP) is 1.60. The molecule has 2 heterocycles.